The Kier molecular flexibility index (Phi) is 49.5. The molecule has 370 valence electrons. The molecule has 0 aromatic carbocycles. The van der Waals surface area contributed by atoms with Crippen LogP contribution < -0.4 is 5.32 Å². The van der Waals surface area contributed by atoms with Crippen LogP contribution in [0.2, 0.25) is 0 Å². The number of carbonyl (C=O) groups is 2. The van der Waals surface area contributed by atoms with Gasteiger partial charge in [0.2, 0.25) is 5.91 Å². The van der Waals surface area contributed by atoms with E-state index >= 15 is 0 Å². The van der Waals surface area contributed by atoms with Gasteiger partial charge in [-0.25, -0.2) is 0 Å². The second kappa shape index (κ2) is 51.1. The normalized spacial score (nSPS) is 13.4. The van der Waals surface area contributed by atoms with Gasteiger partial charge in [-0.2, -0.15) is 0 Å². The molecule has 0 rings (SSSR count). The van der Waals surface area contributed by atoms with E-state index in [2.05, 4.69) is 56.5 Å². The van der Waals surface area contributed by atoms with E-state index in [1.165, 1.54) is 173 Å². The monoisotopic (exact) mass is 886 g/mol. The van der Waals surface area contributed by atoms with Crippen LogP contribution in [0.4, 0.5) is 0 Å². The lowest BCUT2D eigenvalue weighted by Gasteiger charge is -2.24. The maximum absolute atomic E-state index is 13.2. The molecule has 6 heteroatoms. The van der Waals surface area contributed by atoms with Crippen molar-refractivity contribution in [1.82, 2.24) is 5.32 Å². The Morgan fingerprint density at radius 2 is 0.857 bits per heavy atom. The number of amides is 1. The van der Waals surface area contributed by atoms with Crippen LogP contribution in [0.3, 0.4) is 0 Å². The summed E-state index contributed by atoms with van der Waals surface area (Å²) in [6.07, 6.45) is 60.8. The molecule has 0 saturated carbocycles. The van der Waals surface area contributed by atoms with Crippen molar-refractivity contribution in [3.05, 3.63) is 36.5 Å². The third-order valence-corrected chi connectivity index (χ3v) is 12.8. The van der Waals surface area contributed by atoms with E-state index in [1.807, 2.05) is 6.08 Å². The summed E-state index contributed by atoms with van der Waals surface area (Å²) in [5.41, 5.74) is 0. The van der Waals surface area contributed by atoms with Gasteiger partial charge in [-0.05, 0) is 44.9 Å². The first-order valence-electron chi connectivity index (χ1n) is 27.7. The molecule has 0 aliphatic carbocycles. The number of hydrogen-bond acceptors (Lipinski definition) is 5. The highest BCUT2D eigenvalue weighted by molar-refractivity contribution is 5.77. The fraction of sp³-hybridized carbons (Fsp3) is 0.860. The summed E-state index contributed by atoms with van der Waals surface area (Å²) in [6.45, 7) is 6.37. The zero-order chi connectivity index (χ0) is 45.9. The van der Waals surface area contributed by atoms with Gasteiger partial charge in [0.05, 0.1) is 25.2 Å². The lowest BCUT2D eigenvalue weighted by atomic mass is 10.0. The topological polar surface area (TPSA) is 95.9 Å². The highest BCUT2D eigenvalue weighted by Crippen LogP contribution is 2.18. The summed E-state index contributed by atoms with van der Waals surface area (Å²) in [7, 11) is 0. The van der Waals surface area contributed by atoms with Crippen LogP contribution in [0, 0.1) is 0 Å². The van der Waals surface area contributed by atoms with Crippen molar-refractivity contribution in [3.8, 4) is 0 Å². The first-order chi connectivity index (χ1) is 31.0. The Morgan fingerprint density at radius 1 is 0.476 bits per heavy atom. The third kappa shape index (κ3) is 46.4. The minimum Gasteiger partial charge on any atom is -0.462 e. The second-order valence-corrected chi connectivity index (χ2v) is 19.0. The number of ether oxygens (including phenoxy) is 1. The number of rotatable bonds is 50. The SMILES string of the molecule is CC/C=C/C=C/C=C\CCCCCC(CC(=O)NC(CO)C(O)CCCCCCCCCCCCCCCC)OC(=O)CCCCCCCCCCCCCCCCCCCCC. The molecule has 0 bridgehead atoms. The minimum absolute atomic E-state index is 0.0585. The Balaban J connectivity index is 4.45. The van der Waals surface area contributed by atoms with Gasteiger partial charge in [0.1, 0.15) is 6.10 Å². The zero-order valence-corrected chi connectivity index (χ0v) is 42.2. The quantitative estimate of drug-likeness (QED) is 0.0321. The first-order valence-corrected chi connectivity index (χ1v) is 27.7. The third-order valence-electron chi connectivity index (χ3n) is 12.8. The number of aliphatic hydroxyl groups excluding tert-OH is 2. The van der Waals surface area contributed by atoms with E-state index < -0.39 is 18.2 Å². The lowest BCUT2D eigenvalue weighted by molar-refractivity contribution is -0.151. The maximum Gasteiger partial charge on any atom is 0.306 e. The smallest absolute Gasteiger partial charge is 0.306 e. The molecule has 0 spiro atoms. The molecule has 0 saturated heterocycles. The molecule has 63 heavy (non-hydrogen) atoms. The zero-order valence-electron chi connectivity index (χ0n) is 42.2. The van der Waals surface area contributed by atoms with Gasteiger partial charge >= 0.3 is 5.97 Å². The Hall–Kier alpha value is -1.92. The molecule has 3 unspecified atom stereocenters. The summed E-state index contributed by atoms with van der Waals surface area (Å²) in [4.78, 5) is 26.2. The van der Waals surface area contributed by atoms with E-state index in [-0.39, 0.29) is 24.9 Å². The maximum atomic E-state index is 13.2. The van der Waals surface area contributed by atoms with Gasteiger partial charge < -0.3 is 20.3 Å². The fourth-order valence-electron chi connectivity index (χ4n) is 8.61. The molecule has 0 aromatic heterocycles. The van der Waals surface area contributed by atoms with Crippen molar-refractivity contribution in [2.45, 2.75) is 309 Å². The number of hydrogen-bond donors (Lipinski definition) is 3. The standard InChI is InChI=1S/C57H107NO5/c1-4-7-10-13-16-19-22-24-26-27-28-29-30-32-35-38-41-44-47-50-57(62)63-53(48-45-42-39-36-33-21-18-15-12-9-6-3)51-56(61)58-54(52-59)55(60)49-46-43-40-37-34-31-25-23-20-17-14-11-8-5-2/h9,12,15,18,21,33,53-55,59-60H,4-8,10-11,13-14,16-17,19-20,22-32,34-52H2,1-3H3,(H,58,61)/b12-9+,18-15+,33-21-. The van der Waals surface area contributed by atoms with Crippen LogP contribution in [0.5, 0.6) is 0 Å². The molecule has 0 heterocycles. The second-order valence-electron chi connectivity index (χ2n) is 19.0. The van der Waals surface area contributed by atoms with Crippen LogP contribution in [-0.2, 0) is 14.3 Å². The molecule has 0 aliphatic heterocycles. The van der Waals surface area contributed by atoms with Gasteiger partial charge in [0, 0.05) is 6.42 Å². The number of aliphatic hydroxyl groups is 2. The number of allylic oxidation sites excluding steroid dienone is 6. The summed E-state index contributed by atoms with van der Waals surface area (Å²) < 4.78 is 5.93. The highest BCUT2D eigenvalue weighted by atomic mass is 16.5. The van der Waals surface area contributed by atoms with Gasteiger partial charge in [-0.1, -0.05) is 269 Å². The van der Waals surface area contributed by atoms with Crippen molar-refractivity contribution in [3.63, 3.8) is 0 Å². The van der Waals surface area contributed by atoms with Crippen LogP contribution in [0.15, 0.2) is 36.5 Å². The highest BCUT2D eigenvalue weighted by Gasteiger charge is 2.24. The van der Waals surface area contributed by atoms with E-state index in [1.54, 1.807) is 0 Å². The van der Waals surface area contributed by atoms with Crippen LogP contribution in [-0.4, -0.2) is 46.9 Å². The molecule has 6 nitrogen and oxygen atoms in total. The van der Waals surface area contributed by atoms with Gasteiger partial charge in [0.25, 0.3) is 0 Å². The molecular weight excluding hydrogens is 779 g/mol. The minimum atomic E-state index is -0.794. The molecule has 3 atom stereocenters. The molecule has 0 aromatic rings. The number of carbonyl (C=O) groups excluding carboxylic acids is 2. The van der Waals surface area contributed by atoms with Crippen molar-refractivity contribution >= 4 is 11.9 Å². The van der Waals surface area contributed by atoms with Gasteiger partial charge in [-0.3, -0.25) is 9.59 Å². The summed E-state index contributed by atoms with van der Waals surface area (Å²) >= 11 is 0. The number of unbranched alkanes of at least 4 members (excludes halogenated alkanes) is 34. The number of esters is 1. The van der Waals surface area contributed by atoms with Crippen LogP contribution in [0.25, 0.3) is 0 Å². The van der Waals surface area contributed by atoms with Crippen molar-refractivity contribution < 1.29 is 24.5 Å². The summed E-state index contributed by atoms with van der Waals surface area (Å²) in [5.74, 6) is -0.495. The predicted octanol–water partition coefficient (Wildman–Crippen LogP) is 16.8. The van der Waals surface area contributed by atoms with Crippen molar-refractivity contribution in [1.29, 1.82) is 0 Å². The largest absolute Gasteiger partial charge is 0.462 e. The van der Waals surface area contributed by atoms with E-state index in [9.17, 15) is 19.8 Å². The fourth-order valence-corrected chi connectivity index (χ4v) is 8.61. The first kappa shape index (κ1) is 61.1. The Bertz CT molecular complexity index is 1040. The molecule has 3 N–H and O–H groups in total. The van der Waals surface area contributed by atoms with Crippen LogP contribution in [0.1, 0.15) is 290 Å². The molecule has 0 radical (unpaired) electrons. The Labute approximate surface area is 392 Å². The predicted molar refractivity (Wildman–Crippen MR) is 273 cm³/mol. The van der Waals surface area contributed by atoms with Gasteiger partial charge in [0.15, 0.2) is 0 Å². The van der Waals surface area contributed by atoms with E-state index in [0.29, 0.717) is 19.3 Å². The Morgan fingerprint density at radius 3 is 1.29 bits per heavy atom. The molecule has 0 fully saturated rings. The van der Waals surface area contributed by atoms with E-state index in [4.69, 9.17) is 4.74 Å². The van der Waals surface area contributed by atoms with Crippen LogP contribution >= 0.6 is 0 Å². The molecule has 0 aliphatic rings. The molecule has 1 amide bonds. The molecular formula is C57H107NO5. The van der Waals surface area contributed by atoms with Crippen molar-refractivity contribution in [2.75, 3.05) is 6.61 Å². The summed E-state index contributed by atoms with van der Waals surface area (Å²) in [5, 5.41) is 23.8. The van der Waals surface area contributed by atoms with E-state index in [0.717, 1.165) is 70.6 Å². The number of nitrogens with one attached hydrogen (secondary N) is 1. The average Bonchev–Trinajstić information content (AvgIpc) is 3.28. The van der Waals surface area contributed by atoms with Crippen molar-refractivity contribution in [2.24, 2.45) is 0 Å². The average molecular weight is 886 g/mol. The lowest BCUT2D eigenvalue weighted by Crippen LogP contribution is -2.46. The summed E-state index contributed by atoms with van der Waals surface area (Å²) in [6, 6.07) is -0.710. The van der Waals surface area contributed by atoms with Gasteiger partial charge in [-0.15, -0.1) is 0 Å².